The second-order valence-electron chi connectivity index (χ2n) is 8.92. The normalized spacial score (nSPS) is 14.6. The third-order valence-corrected chi connectivity index (χ3v) is 7.77. The molecule has 0 saturated carbocycles. The summed E-state index contributed by atoms with van der Waals surface area (Å²) in [5.74, 6) is 0.415. The van der Waals surface area contributed by atoms with Crippen LogP contribution in [0.2, 0.25) is 0 Å². The highest BCUT2D eigenvalue weighted by molar-refractivity contribution is 7.80. The van der Waals surface area contributed by atoms with Crippen LogP contribution in [0.4, 0.5) is 5.00 Å². The number of rotatable bonds is 6. The topological polar surface area (TPSA) is 85.9 Å². The molecule has 1 aliphatic rings. The highest BCUT2D eigenvalue weighted by Crippen LogP contribution is 2.37. The standard InChI is InChI=1S/C28H36N2O5S2/c1-33-21-16-14-19(18-22(21)34-2)15-17-24(31)29-28(36)30-26-25(27(32)35-3)20-12-10-8-6-4-5-7-9-11-13-23(20)37-26/h14-18H,4-13H2,1-3H3,(H2,29,30,31,36)/b17-15+. The fourth-order valence-electron chi connectivity index (χ4n) is 4.45. The van der Waals surface area contributed by atoms with Crippen LogP contribution in [0.5, 0.6) is 11.5 Å². The van der Waals surface area contributed by atoms with Gasteiger partial charge in [-0.2, -0.15) is 0 Å². The molecule has 200 valence electrons. The van der Waals surface area contributed by atoms with E-state index in [1.807, 2.05) is 6.07 Å². The zero-order valence-electron chi connectivity index (χ0n) is 21.8. The molecule has 0 aliphatic heterocycles. The first-order chi connectivity index (χ1) is 18.0. The van der Waals surface area contributed by atoms with Crippen LogP contribution >= 0.6 is 23.6 Å². The van der Waals surface area contributed by atoms with Crippen LogP contribution in [0, 0.1) is 0 Å². The molecule has 0 fully saturated rings. The molecule has 1 aromatic carbocycles. The lowest BCUT2D eigenvalue weighted by Gasteiger charge is -2.11. The number of nitrogens with one attached hydrogen (secondary N) is 2. The van der Waals surface area contributed by atoms with Crippen molar-refractivity contribution in [1.82, 2.24) is 5.32 Å². The molecule has 7 nitrogen and oxygen atoms in total. The Kier molecular flexibility index (Phi) is 11.4. The van der Waals surface area contributed by atoms with Gasteiger partial charge >= 0.3 is 5.97 Å². The zero-order valence-corrected chi connectivity index (χ0v) is 23.4. The van der Waals surface area contributed by atoms with Crippen molar-refractivity contribution in [2.24, 2.45) is 0 Å². The van der Waals surface area contributed by atoms with E-state index in [0.29, 0.717) is 22.1 Å². The molecule has 9 heteroatoms. The Hall–Kier alpha value is -2.91. The number of fused-ring (bicyclic) bond motifs is 1. The van der Waals surface area contributed by atoms with Gasteiger partial charge in [0.1, 0.15) is 5.00 Å². The van der Waals surface area contributed by atoms with Gasteiger partial charge in [0, 0.05) is 11.0 Å². The summed E-state index contributed by atoms with van der Waals surface area (Å²) >= 11 is 6.95. The molecule has 2 N–H and O–H groups in total. The number of carbonyl (C=O) groups is 2. The summed E-state index contributed by atoms with van der Waals surface area (Å²) in [6, 6.07) is 5.37. The van der Waals surface area contributed by atoms with Gasteiger partial charge in [-0.25, -0.2) is 4.79 Å². The summed E-state index contributed by atoms with van der Waals surface area (Å²) in [4.78, 5) is 26.5. The average molecular weight is 545 g/mol. The van der Waals surface area contributed by atoms with Crippen LogP contribution < -0.4 is 20.1 Å². The van der Waals surface area contributed by atoms with Gasteiger partial charge in [-0.05, 0) is 67.2 Å². The van der Waals surface area contributed by atoms with Crippen LogP contribution in [0.1, 0.15) is 77.7 Å². The molecule has 1 aromatic heterocycles. The smallest absolute Gasteiger partial charge is 0.341 e. The molecule has 3 rings (SSSR count). The van der Waals surface area contributed by atoms with Crippen LogP contribution in [-0.2, 0) is 22.4 Å². The van der Waals surface area contributed by atoms with Crippen molar-refractivity contribution in [1.29, 1.82) is 0 Å². The number of hydrogen-bond acceptors (Lipinski definition) is 7. The first kappa shape index (κ1) is 28.7. The van der Waals surface area contributed by atoms with Crippen LogP contribution in [0.3, 0.4) is 0 Å². The van der Waals surface area contributed by atoms with E-state index in [1.54, 1.807) is 32.4 Å². The van der Waals surface area contributed by atoms with Gasteiger partial charge in [-0.1, -0.05) is 44.6 Å². The molecule has 0 saturated heterocycles. The van der Waals surface area contributed by atoms with Crippen molar-refractivity contribution < 1.29 is 23.8 Å². The fraction of sp³-hybridized carbons (Fsp3) is 0.464. The molecule has 1 aliphatic carbocycles. The first-order valence-corrected chi connectivity index (χ1v) is 13.9. The molecule has 1 amide bonds. The number of thiocarbonyl (C=S) groups is 1. The number of anilines is 1. The fourth-order valence-corrected chi connectivity index (χ4v) is 6.00. The minimum atomic E-state index is -0.387. The second kappa shape index (κ2) is 14.7. The summed E-state index contributed by atoms with van der Waals surface area (Å²) < 4.78 is 15.7. The Balaban J connectivity index is 1.72. The van der Waals surface area contributed by atoms with Crippen LogP contribution in [0.15, 0.2) is 24.3 Å². The Morgan fingerprint density at radius 1 is 0.919 bits per heavy atom. The summed E-state index contributed by atoms with van der Waals surface area (Å²) in [7, 11) is 4.52. The van der Waals surface area contributed by atoms with Gasteiger partial charge in [-0.3, -0.25) is 10.1 Å². The second-order valence-corrected chi connectivity index (χ2v) is 10.4. The highest BCUT2D eigenvalue weighted by atomic mass is 32.1. The van der Waals surface area contributed by atoms with Gasteiger partial charge in [0.25, 0.3) is 0 Å². The molecule has 0 atom stereocenters. The van der Waals surface area contributed by atoms with E-state index in [9.17, 15) is 9.59 Å². The maximum atomic E-state index is 12.8. The number of hydrogen-bond donors (Lipinski definition) is 2. The van der Waals surface area contributed by atoms with E-state index < -0.39 is 0 Å². The molecule has 0 spiro atoms. The Morgan fingerprint density at radius 2 is 1.57 bits per heavy atom. The minimum Gasteiger partial charge on any atom is -0.493 e. The monoisotopic (exact) mass is 544 g/mol. The number of carbonyl (C=O) groups excluding carboxylic acids is 2. The van der Waals surface area contributed by atoms with Gasteiger partial charge < -0.3 is 19.5 Å². The lowest BCUT2D eigenvalue weighted by atomic mass is 9.97. The van der Waals surface area contributed by atoms with Crippen molar-refractivity contribution in [3.8, 4) is 11.5 Å². The lowest BCUT2D eigenvalue weighted by molar-refractivity contribution is -0.115. The van der Waals surface area contributed by atoms with E-state index in [1.165, 1.54) is 61.5 Å². The van der Waals surface area contributed by atoms with Gasteiger partial charge in [0.05, 0.1) is 26.9 Å². The SMILES string of the molecule is COC(=O)c1c(NC(=S)NC(=O)/C=C/c2ccc(OC)c(OC)c2)sc2c1CCCCCCCCCC2. The quantitative estimate of drug-likeness (QED) is 0.251. The molecule has 0 unspecified atom stereocenters. The molecular weight excluding hydrogens is 508 g/mol. The number of amides is 1. The van der Waals surface area contributed by atoms with Crippen molar-refractivity contribution in [3.63, 3.8) is 0 Å². The maximum absolute atomic E-state index is 12.8. The van der Waals surface area contributed by atoms with Crippen molar-refractivity contribution in [2.45, 2.75) is 64.2 Å². The van der Waals surface area contributed by atoms with Crippen molar-refractivity contribution in [2.75, 3.05) is 26.6 Å². The lowest BCUT2D eigenvalue weighted by Crippen LogP contribution is -2.33. The van der Waals surface area contributed by atoms with E-state index in [4.69, 9.17) is 26.4 Å². The number of benzene rings is 1. The third-order valence-electron chi connectivity index (χ3n) is 6.36. The zero-order chi connectivity index (χ0) is 26.6. The summed E-state index contributed by atoms with van der Waals surface area (Å²) in [6.45, 7) is 0. The Morgan fingerprint density at radius 3 is 2.22 bits per heavy atom. The predicted octanol–water partition coefficient (Wildman–Crippen LogP) is 6.30. The number of aryl methyl sites for hydroxylation is 1. The van der Waals surface area contributed by atoms with Crippen molar-refractivity contribution >= 4 is 51.6 Å². The summed E-state index contributed by atoms with van der Waals surface area (Å²) in [5.41, 5.74) is 2.37. The van der Waals surface area contributed by atoms with E-state index in [0.717, 1.165) is 43.2 Å². The average Bonchev–Trinajstić information content (AvgIpc) is 3.22. The predicted molar refractivity (Wildman–Crippen MR) is 153 cm³/mol. The maximum Gasteiger partial charge on any atom is 0.341 e. The Bertz CT molecular complexity index is 1130. The van der Waals surface area contributed by atoms with Gasteiger partial charge in [0.15, 0.2) is 16.6 Å². The number of ether oxygens (including phenoxy) is 3. The number of methoxy groups -OCH3 is 3. The molecule has 0 radical (unpaired) electrons. The third kappa shape index (κ3) is 8.30. The number of esters is 1. The molecular formula is C28H36N2O5S2. The van der Waals surface area contributed by atoms with Gasteiger partial charge in [-0.15, -0.1) is 11.3 Å². The Labute approximate surface area is 228 Å². The van der Waals surface area contributed by atoms with Crippen LogP contribution in [-0.4, -0.2) is 38.3 Å². The molecule has 1 heterocycles. The van der Waals surface area contributed by atoms with E-state index in [-0.39, 0.29) is 17.0 Å². The first-order valence-electron chi connectivity index (χ1n) is 12.7. The summed E-state index contributed by atoms with van der Waals surface area (Å²) in [5, 5.41) is 6.51. The largest absolute Gasteiger partial charge is 0.493 e. The molecule has 0 bridgehead atoms. The minimum absolute atomic E-state index is 0.129. The van der Waals surface area contributed by atoms with E-state index >= 15 is 0 Å². The molecule has 2 aromatic rings. The number of thiophene rings is 1. The van der Waals surface area contributed by atoms with Crippen molar-refractivity contribution in [3.05, 3.63) is 45.8 Å². The molecule has 37 heavy (non-hydrogen) atoms. The summed E-state index contributed by atoms with van der Waals surface area (Å²) in [6.07, 6.45) is 14.3. The highest BCUT2D eigenvalue weighted by Gasteiger charge is 2.25. The van der Waals surface area contributed by atoms with E-state index in [2.05, 4.69) is 10.6 Å². The van der Waals surface area contributed by atoms with Crippen LogP contribution in [0.25, 0.3) is 6.08 Å². The van der Waals surface area contributed by atoms with Gasteiger partial charge in [0.2, 0.25) is 5.91 Å².